The number of benzene rings is 8. The van der Waals surface area contributed by atoms with Crippen LogP contribution in [0.25, 0.3) is 33.4 Å². The van der Waals surface area contributed by atoms with E-state index in [1.165, 1.54) is 59.8 Å². The molecule has 32 heteroatoms. The molecule has 29 nitrogen and oxygen atoms in total. The summed E-state index contributed by atoms with van der Waals surface area (Å²) in [7, 11) is -6.39. The first kappa shape index (κ1) is 81.6. The van der Waals surface area contributed by atoms with Gasteiger partial charge in [0.05, 0.1) is 63.1 Å². The van der Waals surface area contributed by atoms with Crippen molar-refractivity contribution in [3.05, 3.63) is 223 Å². The van der Waals surface area contributed by atoms with Gasteiger partial charge in [0, 0.05) is 26.6 Å². The highest BCUT2D eigenvalue weighted by Crippen LogP contribution is 2.30. The van der Waals surface area contributed by atoms with Crippen molar-refractivity contribution < 1.29 is 93.6 Å². The highest BCUT2D eigenvalue weighted by molar-refractivity contribution is 7.89. The van der Waals surface area contributed by atoms with Gasteiger partial charge in [-0.3, -0.25) is 58.9 Å². The molecule has 8 rings (SSSR count). The second kappa shape index (κ2) is 40.3. The van der Waals surface area contributed by atoms with E-state index in [0.29, 0.717) is 24.9 Å². The van der Waals surface area contributed by atoms with E-state index in [1.54, 1.807) is 87.0 Å². The summed E-state index contributed by atoms with van der Waals surface area (Å²) in [5, 5.41) is 35.2. The molecule has 0 saturated heterocycles. The molecule has 3 atom stereocenters. The van der Waals surface area contributed by atoms with Crippen molar-refractivity contribution in [1.29, 1.82) is 0 Å². The Hall–Kier alpha value is -10.3. The molecule has 8 aromatic carbocycles. The lowest BCUT2D eigenvalue weighted by molar-refractivity contribution is -0.148. The molecular formula is C71H81N9O20S3. The van der Waals surface area contributed by atoms with E-state index in [-0.39, 0.29) is 84.1 Å². The van der Waals surface area contributed by atoms with Crippen molar-refractivity contribution in [1.82, 2.24) is 45.8 Å². The van der Waals surface area contributed by atoms with E-state index in [1.807, 2.05) is 103 Å². The van der Waals surface area contributed by atoms with Crippen LogP contribution in [0.15, 0.2) is 227 Å². The zero-order valence-corrected chi connectivity index (χ0v) is 59.4. The van der Waals surface area contributed by atoms with Crippen LogP contribution in [0.1, 0.15) is 37.3 Å². The molecular weight excluding hydrogens is 1400 g/mol. The molecule has 0 fully saturated rings. The summed E-state index contributed by atoms with van der Waals surface area (Å²) < 4.78 is 91.2. The molecule has 0 saturated carbocycles. The molecule has 6 amide bonds. The van der Waals surface area contributed by atoms with Crippen LogP contribution in [0.5, 0.6) is 11.5 Å². The van der Waals surface area contributed by atoms with E-state index in [2.05, 4.69) is 16.0 Å². The first-order valence-electron chi connectivity index (χ1n) is 31.5. The number of hydrogen-bond acceptors (Lipinski definition) is 20. The quantitative estimate of drug-likeness (QED) is 0.0159. The van der Waals surface area contributed by atoms with Gasteiger partial charge < -0.3 is 25.4 Å². The third kappa shape index (κ3) is 23.4. The zero-order chi connectivity index (χ0) is 75.1. The van der Waals surface area contributed by atoms with Crippen LogP contribution in [0, 0.1) is 0 Å². The molecule has 0 bridgehead atoms. The van der Waals surface area contributed by atoms with Crippen LogP contribution in [0.4, 0.5) is 0 Å². The Balaban J connectivity index is 0.000000244. The maximum absolute atomic E-state index is 13.3. The van der Waals surface area contributed by atoms with E-state index in [9.17, 15) is 64.4 Å². The van der Waals surface area contributed by atoms with Gasteiger partial charge in [0.1, 0.15) is 29.6 Å². The van der Waals surface area contributed by atoms with Gasteiger partial charge in [-0.05, 0) is 124 Å². The number of ether oxygens (including phenoxy) is 2. The van der Waals surface area contributed by atoms with Gasteiger partial charge in [-0.25, -0.2) is 41.7 Å². The van der Waals surface area contributed by atoms with Crippen LogP contribution in [0.2, 0.25) is 0 Å². The van der Waals surface area contributed by atoms with E-state index in [0.717, 1.165) is 65.8 Å². The minimum Gasteiger partial charge on any atom is -0.497 e. The summed E-state index contributed by atoms with van der Waals surface area (Å²) in [6.07, 6.45) is -0.142. The number of carbonyl (C=O) groups excluding carboxylic acids is 6. The maximum atomic E-state index is 13.3. The predicted octanol–water partition coefficient (Wildman–Crippen LogP) is 6.38. The Bertz CT molecular complexity index is 4390. The fourth-order valence-electron chi connectivity index (χ4n) is 10.1. The predicted molar refractivity (Wildman–Crippen MR) is 377 cm³/mol. The molecule has 0 aliphatic rings. The van der Waals surface area contributed by atoms with Crippen molar-refractivity contribution in [2.45, 2.75) is 71.8 Å². The topological polar surface area (TPSA) is 394 Å². The van der Waals surface area contributed by atoms with Crippen molar-refractivity contribution in [2.24, 2.45) is 0 Å². The van der Waals surface area contributed by atoms with Gasteiger partial charge >= 0.3 is 0 Å². The minimum atomic E-state index is -4.31. The first-order valence-corrected chi connectivity index (χ1v) is 35.8. The SMILES string of the molecule is CON([C@H](CCNC(=O)Cc1ccccc1)C(=O)NO)S(=O)(=O)c1ccc(-c2ccccc2)cc1.COc1ccc(-c2ccc(S(=O)(=O)N(OC)[C@H](CCNC(=O)Cc3ccccc3)C(=O)NO)cc2)cc1.COc1ccc(-c2ccc(S(=O)(=O)N(OC)[C@H](CCNC(C)=O)C(=O)NO)cc2)cc1. The highest BCUT2D eigenvalue weighted by atomic mass is 32.2. The number of hydroxylamine groups is 6. The summed E-state index contributed by atoms with van der Waals surface area (Å²) in [5.74, 6) is -2.52. The fraction of sp³-hybridized carbons (Fsp3) is 0.239. The number of carbonyl (C=O) groups is 6. The number of hydrogen-bond donors (Lipinski definition) is 9. The zero-order valence-electron chi connectivity index (χ0n) is 56.9. The van der Waals surface area contributed by atoms with Crippen molar-refractivity contribution in [3.63, 3.8) is 0 Å². The minimum absolute atomic E-state index is 0.000786. The second-order valence-electron chi connectivity index (χ2n) is 22.1. The second-order valence-corrected chi connectivity index (χ2v) is 27.4. The number of rotatable bonds is 33. The number of amides is 6. The Morgan fingerprint density at radius 1 is 0.350 bits per heavy atom. The summed E-state index contributed by atoms with van der Waals surface area (Å²) >= 11 is 0. The summed E-state index contributed by atoms with van der Waals surface area (Å²) in [4.78, 5) is 87.2. The Labute approximate surface area is 597 Å². The lowest BCUT2D eigenvalue weighted by Crippen LogP contribution is -2.49. The average Bonchev–Trinajstić information content (AvgIpc) is 0.802. The molecule has 0 spiro atoms. The standard InChI is InChI=1S/C26H29N3O7S.C25H27N3O6S.C20H25N3O7S/c1-35-22-12-8-20(9-13-22)21-10-14-23(15-11-21)37(33,34)29(36-2)24(26(31)28-32)16-17-27-25(30)18-19-6-4-3-5-7-19;1-34-28(35(32,33)22-14-12-21(13-15-22)20-10-6-3-7-11-20)23(25(30)27-31)16-17-26-24(29)18-19-8-4-2-5-9-19;1-14(24)21-13-12-19(20(25)22-26)23(30-3)31(27,28)18-10-6-16(7-11-18)15-4-8-17(29-2)9-5-15/h3-15,24,32H,16-18H2,1-2H3,(H,27,30)(H,28,31);2-15,23,31H,16-18H2,1H3,(H,26,29)(H,27,30);4-11,19,26H,12-13H2,1-3H3,(H,21,24)(H,22,25)/t24-;23-;19-/m111/s1. The number of nitrogens with one attached hydrogen (secondary N) is 6. The van der Waals surface area contributed by atoms with Crippen LogP contribution in [-0.2, 0) is 86.2 Å². The molecule has 548 valence electrons. The van der Waals surface area contributed by atoms with Gasteiger partial charge in [0.25, 0.3) is 47.8 Å². The van der Waals surface area contributed by atoms with Crippen LogP contribution >= 0.6 is 0 Å². The van der Waals surface area contributed by atoms with E-state index >= 15 is 0 Å². The van der Waals surface area contributed by atoms with Crippen LogP contribution in [-0.4, -0.2) is 163 Å². The highest BCUT2D eigenvalue weighted by Gasteiger charge is 2.40. The molecule has 0 heterocycles. The molecule has 9 N–H and O–H groups in total. The molecule has 0 aromatic heterocycles. The largest absolute Gasteiger partial charge is 0.497 e. The van der Waals surface area contributed by atoms with Gasteiger partial charge in [0.2, 0.25) is 17.7 Å². The summed E-state index contributed by atoms with van der Waals surface area (Å²) in [6.45, 7) is 1.23. The summed E-state index contributed by atoms with van der Waals surface area (Å²) in [5.41, 5.74) is 11.0. The Morgan fingerprint density at radius 2 is 0.592 bits per heavy atom. The number of nitrogens with zero attached hydrogens (tertiary/aromatic N) is 3. The monoisotopic (exact) mass is 1480 g/mol. The smallest absolute Gasteiger partial charge is 0.265 e. The van der Waals surface area contributed by atoms with E-state index < -0.39 is 65.9 Å². The lowest BCUT2D eigenvalue weighted by Gasteiger charge is -2.27. The van der Waals surface area contributed by atoms with Crippen LogP contribution < -0.4 is 41.9 Å². The normalized spacial score (nSPS) is 12.2. The Kier molecular flexibility index (Phi) is 32.0. The molecule has 8 aromatic rings. The third-order valence-electron chi connectivity index (χ3n) is 15.3. The molecule has 0 aliphatic heterocycles. The Morgan fingerprint density at radius 3 is 0.835 bits per heavy atom. The van der Waals surface area contributed by atoms with E-state index in [4.69, 9.17) is 29.2 Å². The lowest BCUT2D eigenvalue weighted by atomic mass is 10.1. The number of sulfonamides is 3. The maximum Gasteiger partial charge on any atom is 0.265 e. The van der Waals surface area contributed by atoms with Crippen LogP contribution in [0.3, 0.4) is 0 Å². The van der Waals surface area contributed by atoms with Gasteiger partial charge in [-0.15, -0.1) is 0 Å². The van der Waals surface area contributed by atoms with Crippen molar-refractivity contribution in [3.8, 4) is 44.9 Å². The average molecular weight is 1480 g/mol. The molecule has 0 aliphatic carbocycles. The molecule has 0 radical (unpaired) electrons. The van der Waals surface area contributed by atoms with Gasteiger partial charge in [-0.1, -0.05) is 165 Å². The first-order chi connectivity index (χ1) is 49.4. The van der Waals surface area contributed by atoms with Crippen molar-refractivity contribution >= 4 is 65.5 Å². The molecule has 103 heavy (non-hydrogen) atoms. The van der Waals surface area contributed by atoms with Gasteiger partial charge in [-0.2, -0.15) is 0 Å². The summed E-state index contributed by atoms with van der Waals surface area (Å²) in [6, 6.07) is 56.1. The van der Waals surface area contributed by atoms with Crippen molar-refractivity contribution in [2.75, 3.05) is 55.2 Å². The third-order valence-corrected chi connectivity index (χ3v) is 20.6. The fourth-order valence-corrected chi connectivity index (χ4v) is 14.4. The van der Waals surface area contributed by atoms with Gasteiger partial charge in [0.15, 0.2) is 0 Å². The molecule has 0 unspecified atom stereocenters. The number of methoxy groups -OCH3 is 2.